The Labute approximate surface area is 80.0 Å². The summed E-state index contributed by atoms with van der Waals surface area (Å²) in [5, 5.41) is 8.50. The van der Waals surface area contributed by atoms with Gasteiger partial charge in [0.25, 0.3) is 0 Å². The quantitative estimate of drug-likeness (QED) is 0.470. The standard InChI is InChI=1S/C10H20O3/c1-3-5-7-9(11)10(13-12)8-6-4-2/h10,12H,3-8H2,1-2H3. The molecule has 3 heteroatoms. The minimum Gasteiger partial charge on any atom is -0.297 e. The second-order valence-corrected chi connectivity index (χ2v) is 3.31. The number of carbonyl (C=O) groups is 1. The van der Waals surface area contributed by atoms with Crippen molar-refractivity contribution >= 4 is 5.78 Å². The van der Waals surface area contributed by atoms with Gasteiger partial charge in [-0.05, 0) is 12.8 Å². The molecule has 78 valence electrons. The molecule has 0 bridgehead atoms. The van der Waals surface area contributed by atoms with Crippen molar-refractivity contribution in [2.24, 2.45) is 0 Å². The molecule has 0 rings (SSSR count). The summed E-state index contributed by atoms with van der Waals surface area (Å²) in [5.74, 6) is 0.0257. The van der Waals surface area contributed by atoms with Gasteiger partial charge < -0.3 is 0 Å². The lowest BCUT2D eigenvalue weighted by atomic mass is 10.0. The van der Waals surface area contributed by atoms with Crippen LogP contribution in [0.15, 0.2) is 0 Å². The highest BCUT2D eigenvalue weighted by Gasteiger charge is 2.17. The van der Waals surface area contributed by atoms with Gasteiger partial charge in [-0.15, -0.1) is 0 Å². The van der Waals surface area contributed by atoms with Crippen molar-refractivity contribution in [2.75, 3.05) is 0 Å². The van der Waals surface area contributed by atoms with Crippen LogP contribution in [-0.2, 0) is 9.68 Å². The lowest BCUT2D eigenvalue weighted by molar-refractivity contribution is -0.272. The number of hydrogen-bond donors (Lipinski definition) is 1. The number of Topliss-reactive ketones (excluding diaryl/α,β-unsaturated/α-hetero) is 1. The van der Waals surface area contributed by atoms with E-state index >= 15 is 0 Å². The number of hydrogen-bond acceptors (Lipinski definition) is 3. The van der Waals surface area contributed by atoms with Crippen molar-refractivity contribution in [2.45, 2.75) is 58.5 Å². The summed E-state index contributed by atoms with van der Waals surface area (Å²) < 4.78 is 0. The van der Waals surface area contributed by atoms with Crippen molar-refractivity contribution < 1.29 is 14.9 Å². The third-order valence-electron chi connectivity index (χ3n) is 2.08. The van der Waals surface area contributed by atoms with Crippen LogP contribution < -0.4 is 0 Å². The van der Waals surface area contributed by atoms with Crippen LogP contribution in [0.3, 0.4) is 0 Å². The average molecular weight is 188 g/mol. The van der Waals surface area contributed by atoms with Gasteiger partial charge in [-0.2, -0.15) is 0 Å². The van der Waals surface area contributed by atoms with E-state index < -0.39 is 6.10 Å². The third-order valence-corrected chi connectivity index (χ3v) is 2.08. The highest BCUT2D eigenvalue weighted by atomic mass is 17.1. The van der Waals surface area contributed by atoms with Crippen molar-refractivity contribution in [3.63, 3.8) is 0 Å². The van der Waals surface area contributed by atoms with Crippen LogP contribution >= 0.6 is 0 Å². The molecule has 1 N–H and O–H groups in total. The molecule has 0 saturated heterocycles. The molecular formula is C10H20O3. The van der Waals surface area contributed by atoms with Gasteiger partial charge in [-0.25, -0.2) is 4.89 Å². The molecule has 0 aromatic carbocycles. The van der Waals surface area contributed by atoms with Crippen molar-refractivity contribution in [3.8, 4) is 0 Å². The van der Waals surface area contributed by atoms with Gasteiger partial charge in [0.2, 0.25) is 0 Å². The van der Waals surface area contributed by atoms with E-state index in [9.17, 15) is 4.79 Å². The number of rotatable bonds is 8. The molecule has 0 aliphatic heterocycles. The molecule has 0 aromatic heterocycles. The Balaban J connectivity index is 3.71. The minimum absolute atomic E-state index is 0.0257. The summed E-state index contributed by atoms with van der Waals surface area (Å²) in [6.07, 6.45) is 4.37. The monoisotopic (exact) mass is 188 g/mol. The Morgan fingerprint density at radius 1 is 1.31 bits per heavy atom. The maximum absolute atomic E-state index is 11.4. The van der Waals surface area contributed by atoms with Crippen LogP contribution in [0.1, 0.15) is 52.4 Å². The van der Waals surface area contributed by atoms with E-state index in [4.69, 9.17) is 5.26 Å². The van der Waals surface area contributed by atoms with E-state index in [1.165, 1.54) is 0 Å². The molecule has 0 saturated carbocycles. The summed E-state index contributed by atoms with van der Waals surface area (Å²) >= 11 is 0. The molecule has 0 heterocycles. The van der Waals surface area contributed by atoms with Gasteiger partial charge in [0.1, 0.15) is 0 Å². The Bertz CT molecular complexity index is 134. The topological polar surface area (TPSA) is 46.5 Å². The molecular weight excluding hydrogens is 168 g/mol. The van der Waals surface area contributed by atoms with Gasteiger partial charge in [-0.3, -0.25) is 10.1 Å². The summed E-state index contributed by atoms with van der Waals surface area (Å²) in [6, 6.07) is 0. The summed E-state index contributed by atoms with van der Waals surface area (Å²) in [4.78, 5) is 15.5. The lowest BCUT2D eigenvalue weighted by Crippen LogP contribution is -2.22. The fraction of sp³-hybridized carbons (Fsp3) is 0.900. The number of unbranched alkanes of at least 4 members (excludes halogenated alkanes) is 2. The van der Waals surface area contributed by atoms with Crippen LogP contribution in [0.25, 0.3) is 0 Å². The second kappa shape index (κ2) is 8.20. The Hall–Kier alpha value is -0.410. The molecule has 0 aromatic rings. The first-order chi connectivity index (χ1) is 6.26. The van der Waals surface area contributed by atoms with E-state index in [1.54, 1.807) is 0 Å². The van der Waals surface area contributed by atoms with E-state index in [-0.39, 0.29) is 5.78 Å². The zero-order valence-corrected chi connectivity index (χ0v) is 8.58. The highest BCUT2D eigenvalue weighted by molar-refractivity contribution is 5.82. The molecule has 0 spiro atoms. The molecule has 0 aliphatic carbocycles. The van der Waals surface area contributed by atoms with Gasteiger partial charge in [-0.1, -0.05) is 33.1 Å². The highest BCUT2D eigenvalue weighted by Crippen LogP contribution is 2.09. The molecule has 0 aliphatic rings. The molecule has 1 unspecified atom stereocenters. The van der Waals surface area contributed by atoms with Crippen LogP contribution in [0.4, 0.5) is 0 Å². The molecule has 3 nitrogen and oxygen atoms in total. The Morgan fingerprint density at radius 2 is 1.92 bits per heavy atom. The smallest absolute Gasteiger partial charge is 0.164 e. The lowest BCUT2D eigenvalue weighted by Gasteiger charge is -2.10. The Morgan fingerprint density at radius 3 is 2.38 bits per heavy atom. The summed E-state index contributed by atoms with van der Waals surface area (Å²) in [6.45, 7) is 4.08. The first-order valence-electron chi connectivity index (χ1n) is 5.09. The van der Waals surface area contributed by atoms with Crippen LogP contribution in [-0.4, -0.2) is 17.1 Å². The molecule has 13 heavy (non-hydrogen) atoms. The fourth-order valence-corrected chi connectivity index (χ4v) is 1.17. The van der Waals surface area contributed by atoms with E-state index in [1.807, 2.05) is 13.8 Å². The van der Waals surface area contributed by atoms with E-state index in [0.29, 0.717) is 12.8 Å². The van der Waals surface area contributed by atoms with E-state index in [0.717, 1.165) is 25.7 Å². The summed E-state index contributed by atoms with van der Waals surface area (Å²) in [7, 11) is 0. The Kier molecular flexibility index (Phi) is 7.94. The van der Waals surface area contributed by atoms with Crippen LogP contribution in [0.5, 0.6) is 0 Å². The zero-order valence-electron chi connectivity index (χ0n) is 8.58. The van der Waals surface area contributed by atoms with Crippen molar-refractivity contribution in [3.05, 3.63) is 0 Å². The predicted octanol–water partition coefficient (Wildman–Crippen LogP) is 2.79. The number of ketones is 1. The van der Waals surface area contributed by atoms with E-state index in [2.05, 4.69) is 4.89 Å². The third kappa shape index (κ3) is 5.77. The molecule has 0 amide bonds. The van der Waals surface area contributed by atoms with Crippen molar-refractivity contribution in [1.29, 1.82) is 0 Å². The van der Waals surface area contributed by atoms with Crippen LogP contribution in [0.2, 0.25) is 0 Å². The average Bonchev–Trinajstić information content (AvgIpc) is 2.16. The maximum atomic E-state index is 11.4. The van der Waals surface area contributed by atoms with Gasteiger partial charge in [0.15, 0.2) is 11.9 Å². The largest absolute Gasteiger partial charge is 0.297 e. The van der Waals surface area contributed by atoms with Crippen LogP contribution in [0, 0.1) is 0 Å². The minimum atomic E-state index is -0.591. The zero-order chi connectivity index (χ0) is 10.1. The SMILES string of the molecule is CCCCC(=O)C(CCCC)OO. The maximum Gasteiger partial charge on any atom is 0.164 e. The molecule has 0 radical (unpaired) electrons. The molecule has 1 atom stereocenters. The normalized spacial score (nSPS) is 12.8. The van der Waals surface area contributed by atoms with Gasteiger partial charge >= 0.3 is 0 Å². The predicted molar refractivity (Wildman–Crippen MR) is 51.6 cm³/mol. The molecule has 0 fully saturated rings. The van der Waals surface area contributed by atoms with Gasteiger partial charge in [0, 0.05) is 6.42 Å². The summed E-state index contributed by atoms with van der Waals surface area (Å²) in [5.41, 5.74) is 0. The second-order valence-electron chi connectivity index (χ2n) is 3.31. The first-order valence-corrected chi connectivity index (χ1v) is 5.09. The van der Waals surface area contributed by atoms with Crippen molar-refractivity contribution in [1.82, 2.24) is 0 Å². The van der Waals surface area contributed by atoms with Gasteiger partial charge in [0.05, 0.1) is 0 Å². The fourth-order valence-electron chi connectivity index (χ4n) is 1.17. The number of carbonyl (C=O) groups excluding carboxylic acids is 1. The first kappa shape index (κ1) is 12.6.